The van der Waals surface area contributed by atoms with Crippen LogP contribution in [-0.4, -0.2) is 26.1 Å². The highest BCUT2D eigenvalue weighted by atomic mass is 15.1. The third-order valence-electron chi connectivity index (χ3n) is 4.23. The number of nitrogens with one attached hydrogen (secondary N) is 1. The number of hydrogen-bond acceptors (Lipinski definition) is 5. The largest absolute Gasteiger partial charge is 0.363 e. The molecule has 0 radical (unpaired) electrons. The highest BCUT2D eigenvalue weighted by molar-refractivity contribution is 5.39. The molecule has 3 rings (SSSR count). The Bertz CT molecular complexity index is 783. The van der Waals surface area contributed by atoms with Crippen molar-refractivity contribution in [2.75, 3.05) is 11.9 Å². The Labute approximate surface area is 148 Å². The summed E-state index contributed by atoms with van der Waals surface area (Å²) in [7, 11) is 0. The topological polar surface area (TPSA) is 81.7 Å². The fourth-order valence-electron chi connectivity index (χ4n) is 2.86. The van der Waals surface area contributed by atoms with Crippen molar-refractivity contribution >= 4 is 5.82 Å². The molecule has 0 spiro atoms. The molecule has 2 heterocycles. The zero-order valence-electron chi connectivity index (χ0n) is 14.5. The molecule has 0 fully saturated rings. The summed E-state index contributed by atoms with van der Waals surface area (Å²) in [5, 5.41) is 3.55. The summed E-state index contributed by atoms with van der Waals surface area (Å²) in [6.45, 7) is 3.49. The first-order valence-corrected chi connectivity index (χ1v) is 8.56. The minimum absolute atomic E-state index is 0.156. The second-order valence-corrected chi connectivity index (χ2v) is 6.00. The molecule has 0 bridgehead atoms. The maximum atomic E-state index is 5.63. The van der Waals surface area contributed by atoms with Gasteiger partial charge in [0.2, 0.25) is 0 Å². The number of nitrogens with zero attached hydrogens (tertiary/aromatic N) is 4. The quantitative estimate of drug-likeness (QED) is 0.661. The number of aromatic nitrogens is 4. The van der Waals surface area contributed by atoms with Crippen molar-refractivity contribution in [1.82, 2.24) is 19.5 Å². The van der Waals surface area contributed by atoms with Gasteiger partial charge in [-0.05, 0) is 25.5 Å². The van der Waals surface area contributed by atoms with Crippen LogP contribution < -0.4 is 11.1 Å². The lowest BCUT2D eigenvalue weighted by Gasteiger charge is -2.20. The molecule has 3 N–H and O–H groups in total. The highest BCUT2D eigenvalue weighted by Crippen LogP contribution is 2.22. The van der Waals surface area contributed by atoms with Crippen LogP contribution in [0.1, 0.15) is 29.5 Å². The first kappa shape index (κ1) is 17.1. The van der Waals surface area contributed by atoms with E-state index in [0.717, 1.165) is 36.7 Å². The average Bonchev–Trinajstić information content (AvgIpc) is 3.05. The van der Waals surface area contributed by atoms with Crippen LogP contribution in [0.25, 0.3) is 0 Å². The lowest BCUT2D eigenvalue weighted by atomic mass is 10.0. The van der Waals surface area contributed by atoms with Crippen LogP contribution in [0.15, 0.2) is 55.1 Å². The van der Waals surface area contributed by atoms with Crippen molar-refractivity contribution in [2.24, 2.45) is 5.73 Å². The van der Waals surface area contributed by atoms with E-state index in [9.17, 15) is 0 Å². The molecular weight excluding hydrogens is 312 g/mol. The molecule has 6 heteroatoms. The van der Waals surface area contributed by atoms with Gasteiger partial charge < -0.3 is 15.6 Å². The molecule has 0 amide bonds. The molecule has 2 aromatic heterocycles. The Hall–Kier alpha value is -2.73. The van der Waals surface area contributed by atoms with Gasteiger partial charge in [0.05, 0.1) is 6.04 Å². The van der Waals surface area contributed by atoms with Gasteiger partial charge in [0.1, 0.15) is 18.0 Å². The Kier molecular flexibility index (Phi) is 5.74. The van der Waals surface area contributed by atoms with Gasteiger partial charge in [-0.3, -0.25) is 0 Å². The van der Waals surface area contributed by atoms with E-state index in [1.165, 1.54) is 5.56 Å². The molecule has 6 nitrogen and oxygen atoms in total. The zero-order chi connectivity index (χ0) is 17.5. The van der Waals surface area contributed by atoms with E-state index in [1.807, 2.05) is 31.5 Å². The number of hydrogen-bond donors (Lipinski definition) is 2. The van der Waals surface area contributed by atoms with Gasteiger partial charge in [0.25, 0.3) is 0 Å². The van der Waals surface area contributed by atoms with Gasteiger partial charge in [0, 0.05) is 37.1 Å². The van der Waals surface area contributed by atoms with E-state index in [-0.39, 0.29) is 6.04 Å². The van der Waals surface area contributed by atoms with E-state index in [4.69, 9.17) is 5.73 Å². The molecule has 25 heavy (non-hydrogen) atoms. The maximum Gasteiger partial charge on any atom is 0.130 e. The number of benzene rings is 1. The van der Waals surface area contributed by atoms with Crippen molar-refractivity contribution in [3.05, 3.63) is 72.2 Å². The predicted molar refractivity (Wildman–Crippen MR) is 99.2 cm³/mol. The standard InChI is InChI=1S/C19H24N6/c1-15-21-10-12-25(15)11-8-18(16-5-3-2-4-6-16)24-19-13-17(7-9-20)22-14-23-19/h2-6,10,12-14,18H,7-9,11,20H2,1H3,(H,22,23,24). The lowest BCUT2D eigenvalue weighted by Crippen LogP contribution is -2.15. The molecule has 0 aliphatic carbocycles. The van der Waals surface area contributed by atoms with Crippen molar-refractivity contribution in [1.29, 1.82) is 0 Å². The van der Waals surface area contributed by atoms with Crippen LogP contribution in [0.3, 0.4) is 0 Å². The van der Waals surface area contributed by atoms with Gasteiger partial charge >= 0.3 is 0 Å². The Morgan fingerprint density at radius 3 is 2.72 bits per heavy atom. The Morgan fingerprint density at radius 1 is 1.16 bits per heavy atom. The minimum Gasteiger partial charge on any atom is -0.363 e. The summed E-state index contributed by atoms with van der Waals surface area (Å²) in [4.78, 5) is 12.9. The monoisotopic (exact) mass is 336 g/mol. The summed E-state index contributed by atoms with van der Waals surface area (Å²) < 4.78 is 2.16. The van der Waals surface area contributed by atoms with E-state index in [1.54, 1.807) is 6.33 Å². The molecule has 0 aliphatic rings. The molecular formula is C19H24N6. The van der Waals surface area contributed by atoms with Gasteiger partial charge in [-0.25, -0.2) is 15.0 Å². The third-order valence-corrected chi connectivity index (χ3v) is 4.23. The predicted octanol–water partition coefficient (Wildman–Crippen LogP) is 2.73. The van der Waals surface area contributed by atoms with Gasteiger partial charge in [-0.15, -0.1) is 0 Å². The number of imidazole rings is 1. The summed E-state index contributed by atoms with van der Waals surface area (Å²) in [5.41, 5.74) is 7.82. The zero-order valence-corrected chi connectivity index (χ0v) is 14.5. The molecule has 130 valence electrons. The molecule has 0 aliphatic heterocycles. The second kappa shape index (κ2) is 8.39. The normalized spacial score (nSPS) is 12.1. The average molecular weight is 336 g/mol. The summed E-state index contributed by atoms with van der Waals surface area (Å²) >= 11 is 0. The molecule has 0 saturated heterocycles. The second-order valence-electron chi connectivity index (χ2n) is 6.00. The van der Waals surface area contributed by atoms with E-state index in [2.05, 4.69) is 49.1 Å². The van der Waals surface area contributed by atoms with Crippen LogP contribution in [0, 0.1) is 6.92 Å². The fraction of sp³-hybridized carbons (Fsp3) is 0.316. The van der Waals surface area contributed by atoms with Crippen LogP contribution in [0.5, 0.6) is 0 Å². The fourth-order valence-corrected chi connectivity index (χ4v) is 2.86. The highest BCUT2D eigenvalue weighted by Gasteiger charge is 2.13. The number of aryl methyl sites for hydroxylation is 2. The van der Waals surface area contributed by atoms with Crippen molar-refractivity contribution in [3.8, 4) is 0 Å². The van der Waals surface area contributed by atoms with E-state index >= 15 is 0 Å². The first-order valence-electron chi connectivity index (χ1n) is 8.56. The van der Waals surface area contributed by atoms with Crippen LogP contribution in [-0.2, 0) is 13.0 Å². The maximum absolute atomic E-state index is 5.63. The van der Waals surface area contributed by atoms with Crippen molar-refractivity contribution in [2.45, 2.75) is 32.4 Å². The summed E-state index contributed by atoms with van der Waals surface area (Å²) in [6, 6.07) is 12.6. The smallest absolute Gasteiger partial charge is 0.130 e. The van der Waals surface area contributed by atoms with Crippen molar-refractivity contribution < 1.29 is 0 Å². The third kappa shape index (κ3) is 4.64. The van der Waals surface area contributed by atoms with Gasteiger partial charge in [-0.2, -0.15) is 0 Å². The molecule has 1 aromatic carbocycles. The van der Waals surface area contributed by atoms with Crippen LogP contribution in [0.2, 0.25) is 0 Å². The molecule has 1 atom stereocenters. The Morgan fingerprint density at radius 2 is 2.00 bits per heavy atom. The molecule has 3 aromatic rings. The van der Waals surface area contributed by atoms with Gasteiger partial charge in [0.15, 0.2) is 0 Å². The SMILES string of the molecule is Cc1nccn1CCC(Nc1cc(CCN)ncn1)c1ccccc1. The number of nitrogens with two attached hydrogens (primary N) is 1. The lowest BCUT2D eigenvalue weighted by molar-refractivity contribution is 0.572. The van der Waals surface area contributed by atoms with Crippen LogP contribution >= 0.6 is 0 Å². The summed E-state index contributed by atoms with van der Waals surface area (Å²) in [6.07, 6.45) is 7.12. The van der Waals surface area contributed by atoms with Crippen LogP contribution in [0.4, 0.5) is 5.82 Å². The minimum atomic E-state index is 0.156. The van der Waals surface area contributed by atoms with E-state index < -0.39 is 0 Å². The Balaban J connectivity index is 1.76. The van der Waals surface area contributed by atoms with Gasteiger partial charge in [-0.1, -0.05) is 30.3 Å². The molecule has 0 saturated carbocycles. The van der Waals surface area contributed by atoms with E-state index in [0.29, 0.717) is 6.54 Å². The number of rotatable bonds is 8. The van der Waals surface area contributed by atoms with Crippen molar-refractivity contribution in [3.63, 3.8) is 0 Å². The molecule has 1 unspecified atom stereocenters. The first-order chi connectivity index (χ1) is 12.3. The number of anilines is 1. The summed E-state index contributed by atoms with van der Waals surface area (Å²) in [5.74, 6) is 1.86.